The molecule has 0 saturated heterocycles. The topological polar surface area (TPSA) is 47.6 Å². The molecule has 3 aromatic rings. The van der Waals surface area contributed by atoms with E-state index in [1.165, 1.54) is 0 Å². The molecule has 0 aliphatic heterocycles. The van der Waals surface area contributed by atoms with Crippen LogP contribution in [-0.4, -0.2) is 12.5 Å². The number of hydrogen-bond donors (Lipinski definition) is 1. The van der Waals surface area contributed by atoms with E-state index in [1.54, 1.807) is 30.3 Å². The average Bonchev–Trinajstić information content (AvgIpc) is 2.64. The second kappa shape index (κ2) is 8.22. The van der Waals surface area contributed by atoms with Crippen molar-refractivity contribution in [1.82, 2.24) is 0 Å². The quantitative estimate of drug-likeness (QED) is 0.666. The Morgan fingerprint density at radius 2 is 1.52 bits per heavy atom. The number of anilines is 1. The van der Waals surface area contributed by atoms with Gasteiger partial charge in [0.05, 0.1) is 5.69 Å². The van der Waals surface area contributed by atoms with Crippen LogP contribution < -0.4 is 14.8 Å². The average molecular weight is 354 g/mol. The molecule has 0 aromatic heterocycles. The van der Waals surface area contributed by atoms with Crippen LogP contribution >= 0.6 is 11.6 Å². The summed E-state index contributed by atoms with van der Waals surface area (Å²) < 4.78 is 11.3. The molecule has 3 rings (SSSR count). The lowest BCUT2D eigenvalue weighted by Gasteiger charge is -2.13. The fraction of sp³-hybridized carbons (Fsp3) is 0.0500. The van der Waals surface area contributed by atoms with Gasteiger partial charge in [0.25, 0.3) is 5.91 Å². The third-order valence-corrected chi connectivity index (χ3v) is 3.53. The van der Waals surface area contributed by atoms with E-state index >= 15 is 0 Å². The molecule has 0 atom stereocenters. The molecule has 0 aliphatic rings. The van der Waals surface area contributed by atoms with Crippen LogP contribution in [0.5, 0.6) is 17.2 Å². The Morgan fingerprint density at radius 1 is 0.880 bits per heavy atom. The second-order valence-electron chi connectivity index (χ2n) is 5.21. The van der Waals surface area contributed by atoms with Crippen molar-refractivity contribution in [3.05, 3.63) is 83.9 Å². The van der Waals surface area contributed by atoms with Gasteiger partial charge in [-0.2, -0.15) is 0 Å². The first-order valence-corrected chi connectivity index (χ1v) is 8.09. The summed E-state index contributed by atoms with van der Waals surface area (Å²) in [5.74, 6) is 1.50. The van der Waals surface area contributed by atoms with Gasteiger partial charge in [0, 0.05) is 5.02 Å². The number of hydrogen-bond acceptors (Lipinski definition) is 3. The number of amides is 1. The number of rotatable bonds is 6. The summed E-state index contributed by atoms with van der Waals surface area (Å²) >= 11 is 6.04. The molecule has 0 radical (unpaired) electrons. The molecule has 1 amide bonds. The van der Waals surface area contributed by atoms with Crippen molar-refractivity contribution in [2.75, 3.05) is 11.9 Å². The van der Waals surface area contributed by atoms with Crippen LogP contribution in [-0.2, 0) is 4.79 Å². The Kier molecular flexibility index (Phi) is 5.54. The lowest BCUT2D eigenvalue weighted by atomic mass is 10.2. The van der Waals surface area contributed by atoms with Gasteiger partial charge in [0.15, 0.2) is 12.4 Å². The van der Waals surface area contributed by atoms with Crippen molar-refractivity contribution in [3.8, 4) is 17.2 Å². The summed E-state index contributed by atoms with van der Waals surface area (Å²) in [6.07, 6.45) is 0. The number of para-hydroxylation sites is 2. The molecule has 25 heavy (non-hydrogen) atoms. The van der Waals surface area contributed by atoms with Gasteiger partial charge in [-0.15, -0.1) is 0 Å². The zero-order chi connectivity index (χ0) is 17.5. The molecule has 5 heteroatoms. The summed E-state index contributed by atoms with van der Waals surface area (Å²) in [6, 6.07) is 23.5. The zero-order valence-corrected chi connectivity index (χ0v) is 14.1. The van der Waals surface area contributed by atoms with Gasteiger partial charge in [-0.05, 0) is 42.5 Å². The standard InChI is InChI=1S/C20H16ClNO3/c21-15-11-12-19(25-17-9-5-2-6-10-17)18(13-15)22-20(23)14-24-16-7-3-1-4-8-16/h1-13H,14H2,(H,22,23). The molecule has 0 saturated carbocycles. The maximum absolute atomic E-state index is 12.2. The third kappa shape index (κ3) is 4.99. The van der Waals surface area contributed by atoms with E-state index < -0.39 is 0 Å². The predicted molar refractivity (Wildman–Crippen MR) is 98.5 cm³/mol. The Balaban J connectivity index is 1.68. The second-order valence-corrected chi connectivity index (χ2v) is 5.64. The summed E-state index contributed by atoms with van der Waals surface area (Å²) in [5.41, 5.74) is 0.484. The highest BCUT2D eigenvalue weighted by atomic mass is 35.5. The predicted octanol–water partition coefficient (Wildman–Crippen LogP) is 5.15. The Labute approximate surface area is 151 Å². The molecule has 0 bridgehead atoms. The van der Waals surface area contributed by atoms with Crippen LogP contribution in [0.3, 0.4) is 0 Å². The maximum atomic E-state index is 12.2. The van der Waals surface area contributed by atoms with E-state index in [0.717, 1.165) is 0 Å². The molecular formula is C20H16ClNO3. The van der Waals surface area contributed by atoms with Gasteiger partial charge >= 0.3 is 0 Å². The van der Waals surface area contributed by atoms with Crippen LogP contribution in [0.2, 0.25) is 5.02 Å². The monoisotopic (exact) mass is 353 g/mol. The summed E-state index contributed by atoms with van der Waals surface area (Å²) in [5, 5.41) is 3.27. The number of nitrogens with one attached hydrogen (secondary N) is 1. The SMILES string of the molecule is O=C(COc1ccccc1)Nc1cc(Cl)ccc1Oc1ccccc1. The molecule has 0 heterocycles. The highest BCUT2D eigenvalue weighted by molar-refractivity contribution is 6.31. The Bertz CT molecular complexity index is 838. The molecule has 1 N–H and O–H groups in total. The first-order valence-electron chi connectivity index (χ1n) is 7.71. The lowest BCUT2D eigenvalue weighted by Crippen LogP contribution is -2.20. The highest BCUT2D eigenvalue weighted by Crippen LogP contribution is 2.32. The summed E-state index contributed by atoms with van der Waals surface area (Å²) in [7, 11) is 0. The van der Waals surface area contributed by atoms with Gasteiger partial charge < -0.3 is 14.8 Å². The van der Waals surface area contributed by atoms with Gasteiger partial charge in [0.2, 0.25) is 0 Å². The van der Waals surface area contributed by atoms with Crippen LogP contribution in [0.4, 0.5) is 5.69 Å². The highest BCUT2D eigenvalue weighted by Gasteiger charge is 2.10. The van der Waals surface area contributed by atoms with Crippen molar-refractivity contribution in [2.45, 2.75) is 0 Å². The lowest BCUT2D eigenvalue weighted by molar-refractivity contribution is -0.118. The number of ether oxygens (including phenoxy) is 2. The summed E-state index contributed by atoms with van der Waals surface area (Å²) in [6.45, 7) is -0.110. The molecule has 3 aromatic carbocycles. The van der Waals surface area contributed by atoms with Crippen molar-refractivity contribution < 1.29 is 14.3 Å². The van der Waals surface area contributed by atoms with Crippen molar-refractivity contribution >= 4 is 23.2 Å². The molecule has 4 nitrogen and oxygen atoms in total. The minimum absolute atomic E-state index is 0.110. The fourth-order valence-corrected chi connectivity index (χ4v) is 2.33. The van der Waals surface area contributed by atoms with Gasteiger partial charge in [-0.3, -0.25) is 4.79 Å². The van der Waals surface area contributed by atoms with Crippen molar-refractivity contribution in [2.24, 2.45) is 0 Å². The van der Waals surface area contributed by atoms with E-state index in [9.17, 15) is 4.79 Å². The largest absolute Gasteiger partial charge is 0.484 e. The van der Waals surface area contributed by atoms with Gasteiger partial charge in [-0.25, -0.2) is 0 Å². The number of carbonyl (C=O) groups is 1. The smallest absolute Gasteiger partial charge is 0.262 e. The normalized spacial score (nSPS) is 10.1. The van der Waals surface area contributed by atoms with Crippen LogP contribution in [0, 0.1) is 0 Å². The van der Waals surface area contributed by atoms with Crippen molar-refractivity contribution in [1.29, 1.82) is 0 Å². The van der Waals surface area contributed by atoms with E-state index in [2.05, 4.69) is 5.32 Å². The molecule has 0 fully saturated rings. The summed E-state index contributed by atoms with van der Waals surface area (Å²) in [4.78, 5) is 12.2. The first kappa shape index (κ1) is 16.9. The molecular weight excluding hydrogens is 338 g/mol. The third-order valence-electron chi connectivity index (χ3n) is 3.30. The van der Waals surface area contributed by atoms with Crippen LogP contribution in [0.1, 0.15) is 0 Å². The Hall–Kier alpha value is -2.98. The fourth-order valence-electron chi connectivity index (χ4n) is 2.16. The van der Waals surface area contributed by atoms with Gasteiger partial charge in [-0.1, -0.05) is 48.0 Å². The molecule has 126 valence electrons. The van der Waals surface area contributed by atoms with Crippen molar-refractivity contribution in [3.63, 3.8) is 0 Å². The number of benzene rings is 3. The maximum Gasteiger partial charge on any atom is 0.262 e. The minimum Gasteiger partial charge on any atom is -0.484 e. The molecule has 0 unspecified atom stereocenters. The number of carbonyl (C=O) groups excluding carboxylic acids is 1. The minimum atomic E-state index is -0.302. The van der Waals surface area contributed by atoms with Gasteiger partial charge in [0.1, 0.15) is 11.5 Å². The zero-order valence-electron chi connectivity index (χ0n) is 13.3. The van der Waals surface area contributed by atoms with E-state index in [-0.39, 0.29) is 12.5 Å². The van der Waals surface area contributed by atoms with Crippen LogP contribution in [0.15, 0.2) is 78.9 Å². The van der Waals surface area contributed by atoms with E-state index in [1.807, 2.05) is 48.5 Å². The van der Waals surface area contributed by atoms with Crippen LogP contribution in [0.25, 0.3) is 0 Å². The van der Waals surface area contributed by atoms with E-state index in [4.69, 9.17) is 21.1 Å². The Morgan fingerprint density at radius 3 is 2.20 bits per heavy atom. The molecule has 0 aliphatic carbocycles. The number of halogens is 1. The van der Waals surface area contributed by atoms with E-state index in [0.29, 0.717) is 28.0 Å². The first-order chi connectivity index (χ1) is 12.2. The molecule has 0 spiro atoms.